The lowest BCUT2D eigenvalue weighted by atomic mass is 9.79. The topological polar surface area (TPSA) is 0 Å². The highest BCUT2D eigenvalue weighted by Gasteiger charge is 2.21. The zero-order valence-corrected chi connectivity index (χ0v) is 21.1. The van der Waals surface area contributed by atoms with Crippen LogP contribution in [-0.2, 0) is 18.3 Å². The van der Waals surface area contributed by atoms with Gasteiger partial charge in [-0.3, -0.25) is 0 Å². The average Bonchev–Trinajstić information content (AvgIpc) is 2.74. The van der Waals surface area contributed by atoms with Crippen molar-refractivity contribution in [2.45, 2.75) is 98.8 Å². The van der Waals surface area contributed by atoms with Gasteiger partial charge in [0.25, 0.3) is 0 Å². The first-order chi connectivity index (χ1) is 14.7. The van der Waals surface area contributed by atoms with Crippen molar-refractivity contribution < 1.29 is 0 Å². The molecule has 0 N–H and O–H groups in total. The van der Waals surface area contributed by atoms with E-state index in [0.29, 0.717) is 0 Å². The van der Waals surface area contributed by atoms with E-state index in [1.807, 2.05) is 0 Å². The molecule has 0 saturated heterocycles. The van der Waals surface area contributed by atoms with Crippen LogP contribution in [0.25, 0.3) is 21.5 Å². The molecule has 0 aromatic heterocycles. The molecule has 0 aliphatic rings. The van der Waals surface area contributed by atoms with Crippen LogP contribution in [0.2, 0.25) is 0 Å². The molecule has 0 bridgehead atoms. The fourth-order valence-electron chi connectivity index (χ4n) is 4.89. The van der Waals surface area contributed by atoms with Crippen LogP contribution < -0.4 is 0 Å². The highest BCUT2D eigenvalue weighted by atomic mass is 14.2. The fraction of sp³-hybridized carbons (Fsp3) is 0.548. The van der Waals surface area contributed by atoms with Crippen LogP contribution in [-0.4, -0.2) is 0 Å². The molecule has 3 aromatic carbocycles. The third-order valence-electron chi connectivity index (χ3n) is 7.33. The van der Waals surface area contributed by atoms with E-state index in [4.69, 9.17) is 0 Å². The fourth-order valence-corrected chi connectivity index (χ4v) is 4.89. The first-order valence-electron chi connectivity index (χ1n) is 12.7. The summed E-state index contributed by atoms with van der Waals surface area (Å²) in [6, 6.07) is 16.6. The number of hydrogen-bond donors (Lipinski definition) is 0. The Bertz CT molecular complexity index is 1000. The molecule has 3 rings (SSSR count). The van der Waals surface area contributed by atoms with Crippen molar-refractivity contribution in [2.75, 3.05) is 0 Å². The smallest absolute Gasteiger partial charge is 0.0106 e. The van der Waals surface area contributed by atoms with Gasteiger partial charge in [0.1, 0.15) is 0 Å². The van der Waals surface area contributed by atoms with Gasteiger partial charge in [0, 0.05) is 0 Å². The second-order valence-electron chi connectivity index (χ2n) is 11.1. The molecule has 0 aliphatic heterocycles. The van der Waals surface area contributed by atoms with Crippen molar-refractivity contribution in [1.29, 1.82) is 0 Å². The van der Waals surface area contributed by atoms with Crippen LogP contribution in [0.3, 0.4) is 0 Å². The molecule has 0 nitrogen and oxygen atoms in total. The van der Waals surface area contributed by atoms with Gasteiger partial charge in [0.05, 0.1) is 0 Å². The predicted molar refractivity (Wildman–Crippen MR) is 140 cm³/mol. The molecule has 0 saturated carbocycles. The Labute approximate surface area is 191 Å². The van der Waals surface area contributed by atoms with Crippen LogP contribution >= 0.6 is 0 Å². The minimum absolute atomic E-state index is 0.215. The first kappa shape index (κ1) is 23.8. The summed E-state index contributed by atoms with van der Waals surface area (Å²) >= 11 is 0. The van der Waals surface area contributed by atoms with Gasteiger partial charge >= 0.3 is 0 Å². The Kier molecular flexibility index (Phi) is 7.84. The summed E-state index contributed by atoms with van der Waals surface area (Å²) in [6.07, 6.45) is 8.65. The Morgan fingerprint density at radius 3 is 1.65 bits per heavy atom. The van der Waals surface area contributed by atoms with Crippen molar-refractivity contribution in [2.24, 2.45) is 11.8 Å². The van der Waals surface area contributed by atoms with Crippen molar-refractivity contribution in [3.05, 3.63) is 59.2 Å². The second kappa shape index (κ2) is 10.2. The minimum atomic E-state index is 0.215. The molecular formula is C31H44. The molecule has 31 heavy (non-hydrogen) atoms. The molecule has 0 unspecified atom stereocenters. The lowest BCUT2D eigenvalue weighted by Crippen LogP contribution is -2.15. The maximum atomic E-state index is 2.54. The third-order valence-corrected chi connectivity index (χ3v) is 7.33. The van der Waals surface area contributed by atoms with E-state index in [-0.39, 0.29) is 5.41 Å². The maximum Gasteiger partial charge on any atom is -0.0106 e. The number of fused-ring (bicyclic) bond motifs is 2. The number of aryl methyl sites for hydroxylation is 2. The van der Waals surface area contributed by atoms with E-state index < -0.39 is 0 Å². The summed E-state index contributed by atoms with van der Waals surface area (Å²) in [4.78, 5) is 0. The number of benzene rings is 3. The van der Waals surface area contributed by atoms with Crippen molar-refractivity contribution >= 4 is 21.5 Å². The van der Waals surface area contributed by atoms with Crippen LogP contribution in [0.5, 0.6) is 0 Å². The van der Waals surface area contributed by atoms with Gasteiger partial charge < -0.3 is 0 Å². The van der Waals surface area contributed by atoms with E-state index in [1.54, 1.807) is 11.1 Å². The molecule has 0 spiro atoms. The van der Waals surface area contributed by atoms with Gasteiger partial charge in [-0.1, -0.05) is 104 Å². The van der Waals surface area contributed by atoms with E-state index >= 15 is 0 Å². The van der Waals surface area contributed by atoms with Crippen LogP contribution in [0, 0.1) is 11.8 Å². The predicted octanol–water partition coefficient (Wildman–Crippen LogP) is 9.64. The number of hydrogen-bond acceptors (Lipinski definition) is 0. The van der Waals surface area contributed by atoms with Crippen molar-refractivity contribution in [3.8, 4) is 0 Å². The molecule has 0 aliphatic carbocycles. The SMILES string of the molecule is CCC(C)(C)c1ccc2c(CCCC(C)C)c3ccccc3c(CCCC(C)C)c2c1. The van der Waals surface area contributed by atoms with E-state index in [0.717, 1.165) is 18.3 Å². The Morgan fingerprint density at radius 1 is 0.677 bits per heavy atom. The van der Waals surface area contributed by atoms with Gasteiger partial charge in [-0.2, -0.15) is 0 Å². The summed E-state index contributed by atoms with van der Waals surface area (Å²) < 4.78 is 0. The van der Waals surface area contributed by atoms with Crippen LogP contribution in [0.15, 0.2) is 42.5 Å². The van der Waals surface area contributed by atoms with Gasteiger partial charge in [-0.15, -0.1) is 0 Å². The molecule has 0 atom stereocenters. The van der Waals surface area contributed by atoms with Crippen LogP contribution in [0.1, 0.15) is 97.3 Å². The van der Waals surface area contributed by atoms with Gasteiger partial charge in [-0.05, 0) is 87.6 Å². The van der Waals surface area contributed by atoms with Crippen molar-refractivity contribution in [3.63, 3.8) is 0 Å². The molecule has 168 valence electrons. The lowest BCUT2D eigenvalue weighted by Gasteiger charge is -2.25. The third kappa shape index (κ3) is 5.51. The molecular weight excluding hydrogens is 372 g/mol. The average molecular weight is 417 g/mol. The summed E-state index contributed by atoms with van der Waals surface area (Å²) in [7, 11) is 0. The van der Waals surface area contributed by atoms with Gasteiger partial charge in [-0.25, -0.2) is 0 Å². The molecule has 0 radical (unpaired) electrons. The monoisotopic (exact) mass is 416 g/mol. The molecule has 0 fully saturated rings. The molecule has 0 amide bonds. The lowest BCUT2D eigenvalue weighted by molar-refractivity contribution is 0.507. The summed E-state index contributed by atoms with van der Waals surface area (Å²) in [6.45, 7) is 16.5. The first-order valence-corrected chi connectivity index (χ1v) is 12.7. The normalized spacial score (nSPS) is 12.5. The molecule has 0 heteroatoms. The Morgan fingerprint density at radius 2 is 1.16 bits per heavy atom. The highest BCUT2D eigenvalue weighted by molar-refractivity contribution is 6.06. The Balaban J connectivity index is 2.22. The van der Waals surface area contributed by atoms with Crippen molar-refractivity contribution in [1.82, 2.24) is 0 Å². The highest BCUT2D eigenvalue weighted by Crippen LogP contribution is 2.38. The maximum absolute atomic E-state index is 2.54. The summed E-state index contributed by atoms with van der Waals surface area (Å²) in [5.74, 6) is 1.53. The largest absolute Gasteiger partial charge is 0.0646 e. The second-order valence-corrected chi connectivity index (χ2v) is 11.1. The minimum Gasteiger partial charge on any atom is -0.0646 e. The quantitative estimate of drug-likeness (QED) is 0.288. The van der Waals surface area contributed by atoms with E-state index in [9.17, 15) is 0 Å². The number of rotatable bonds is 10. The standard InChI is InChI=1S/C31H44/c1-8-31(6,7)24-19-20-29-27(17-11-13-22(2)3)25-15-9-10-16-26(25)28(30(29)21-24)18-12-14-23(4)5/h9-10,15-16,19-23H,8,11-14,17-18H2,1-7H3. The van der Waals surface area contributed by atoms with E-state index in [1.165, 1.54) is 65.6 Å². The van der Waals surface area contributed by atoms with Gasteiger partial charge in [0.15, 0.2) is 0 Å². The summed E-state index contributed by atoms with van der Waals surface area (Å²) in [5.41, 5.74) is 4.84. The molecule has 3 aromatic rings. The van der Waals surface area contributed by atoms with Gasteiger partial charge in [0.2, 0.25) is 0 Å². The molecule has 0 heterocycles. The zero-order chi connectivity index (χ0) is 22.6. The Hall–Kier alpha value is -1.82. The zero-order valence-electron chi connectivity index (χ0n) is 21.1. The van der Waals surface area contributed by atoms with Crippen LogP contribution in [0.4, 0.5) is 0 Å². The summed E-state index contributed by atoms with van der Waals surface area (Å²) in [5, 5.41) is 5.99. The van der Waals surface area contributed by atoms with E-state index in [2.05, 4.69) is 90.9 Å².